The molecule has 1 saturated heterocycles. The van der Waals surface area contributed by atoms with E-state index in [1.807, 2.05) is 18.2 Å². The van der Waals surface area contributed by atoms with Gasteiger partial charge in [0.2, 0.25) is 0 Å². The molecule has 1 aliphatic heterocycles. The highest BCUT2D eigenvalue weighted by molar-refractivity contribution is 7.92. The summed E-state index contributed by atoms with van der Waals surface area (Å²) in [7, 11) is -3.88. The van der Waals surface area contributed by atoms with Crippen molar-refractivity contribution in [1.82, 2.24) is 15.2 Å². The molecule has 1 amide bonds. The number of halogens is 2. The molecule has 1 aromatic heterocycles. The molecule has 1 aliphatic rings. The highest BCUT2D eigenvalue weighted by Crippen LogP contribution is 2.31. The van der Waals surface area contributed by atoms with Gasteiger partial charge >= 0.3 is 0 Å². The molecule has 38 heavy (non-hydrogen) atoms. The van der Waals surface area contributed by atoms with Gasteiger partial charge < -0.3 is 10.2 Å². The quantitative estimate of drug-likeness (QED) is 0.302. The number of anilines is 2. The number of aromatic nitrogens is 1. The third kappa shape index (κ3) is 6.22. The molecule has 2 N–H and O–H groups in total. The number of nitrogens with one attached hydrogen (secondary N) is 2. The number of hydrogen-bond donors (Lipinski definition) is 2. The summed E-state index contributed by atoms with van der Waals surface area (Å²) in [5.74, 6) is -0.342. The molecular formula is C26H25Cl2N5O3S2. The number of hydrogen-bond acceptors (Lipinski definition) is 7. The number of rotatable bonds is 8. The summed E-state index contributed by atoms with van der Waals surface area (Å²) in [6.45, 7) is 4.52. The fourth-order valence-electron chi connectivity index (χ4n) is 4.19. The Morgan fingerprint density at radius 2 is 1.66 bits per heavy atom. The first kappa shape index (κ1) is 26.7. The third-order valence-electron chi connectivity index (χ3n) is 6.24. The molecule has 12 heteroatoms. The lowest BCUT2D eigenvalue weighted by Crippen LogP contribution is -2.48. The standard InChI is InChI=1S/C26H25Cl2N5O3S2/c27-18-5-8-20(9-6-18)38(35,36)31-22-4-2-1-3-21(22)25(34)29-11-12-32-13-15-33(16-14-32)26-30-23-10-7-19(28)17-24(23)37-26/h1-10,17,31H,11-16H2,(H,29,34). The van der Waals surface area contributed by atoms with Crippen LogP contribution in [0.4, 0.5) is 10.8 Å². The van der Waals surface area contributed by atoms with Gasteiger partial charge in [-0.3, -0.25) is 14.4 Å². The zero-order valence-corrected chi connectivity index (χ0v) is 23.4. The Bertz CT molecular complexity index is 1550. The van der Waals surface area contributed by atoms with Crippen molar-refractivity contribution in [2.45, 2.75) is 4.90 Å². The number of thiazole rings is 1. The van der Waals surface area contributed by atoms with Crippen LogP contribution in [0.1, 0.15) is 10.4 Å². The van der Waals surface area contributed by atoms with Crippen molar-refractivity contribution in [2.75, 3.05) is 48.9 Å². The first-order valence-electron chi connectivity index (χ1n) is 12.0. The van der Waals surface area contributed by atoms with Crippen molar-refractivity contribution in [3.05, 3.63) is 82.3 Å². The van der Waals surface area contributed by atoms with Gasteiger partial charge in [0, 0.05) is 49.3 Å². The molecular weight excluding hydrogens is 565 g/mol. The fourth-order valence-corrected chi connectivity index (χ4v) is 6.69. The monoisotopic (exact) mass is 589 g/mol. The lowest BCUT2D eigenvalue weighted by molar-refractivity contribution is 0.0948. The summed E-state index contributed by atoms with van der Waals surface area (Å²) >= 11 is 13.6. The first-order chi connectivity index (χ1) is 18.3. The number of benzene rings is 3. The van der Waals surface area contributed by atoms with E-state index in [4.69, 9.17) is 28.2 Å². The summed E-state index contributed by atoms with van der Waals surface area (Å²) in [6, 6.07) is 18.1. The molecule has 1 fully saturated rings. The van der Waals surface area contributed by atoms with Crippen LogP contribution in [0.15, 0.2) is 71.6 Å². The minimum absolute atomic E-state index is 0.0610. The van der Waals surface area contributed by atoms with E-state index in [0.29, 0.717) is 23.1 Å². The topological polar surface area (TPSA) is 94.6 Å². The number of piperazine rings is 1. The van der Waals surface area contributed by atoms with Crippen molar-refractivity contribution in [3.63, 3.8) is 0 Å². The zero-order valence-electron chi connectivity index (χ0n) is 20.2. The molecule has 0 saturated carbocycles. The summed E-state index contributed by atoms with van der Waals surface area (Å²) in [5, 5.41) is 5.06. The minimum Gasteiger partial charge on any atom is -0.351 e. The van der Waals surface area contributed by atoms with Gasteiger partial charge in [0.25, 0.3) is 15.9 Å². The van der Waals surface area contributed by atoms with Crippen LogP contribution in [0, 0.1) is 0 Å². The molecule has 0 unspecified atom stereocenters. The van der Waals surface area contributed by atoms with Gasteiger partial charge in [0.15, 0.2) is 5.13 Å². The predicted molar refractivity (Wildman–Crippen MR) is 154 cm³/mol. The van der Waals surface area contributed by atoms with Crippen LogP contribution in [-0.2, 0) is 10.0 Å². The lowest BCUT2D eigenvalue weighted by Gasteiger charge is -2.34. The Morgan fingerprint density at radius 3 is 2.42 bits per heavy atom. The van der Waals surface area contributed by atoms with Crippen LogP contribution < -0.4 is 14.9 Å². The predicted octanol–water partition coefficient (Wildman–Crippen LogP) is 4.96. The van der Waals surface area contributed by atoms with E-state index in [1.165, 1.54) is 24.3 Å². The molecule has 0 radical (unpaired) electrons. The number of para-hydroxylation sites is 1. The molecule has 0 aliphatic carbocycles. The Labute approximate surface area is 235 Å². The zero-order chi connectivity index (χ0) is 26.7. The van der Waals surface area contributed by atoms with Crippen molar-refractivity contribution in [1.29, 1.82) is 0 Å². The summed E-state index contributed by atoms with van der Waals surface area (Å²) < 4.78 is 29.2. The van der Waals surface area contributed by atoms with E-state index < -0.39 is 10.0 Å². The van der Waals surface area contributed by atoms with Crippen molar-refractivity contribution in [3.8, 4) is 0 Å². The minimum atomic E-state index is -3.88. The lowest BCUT2D eigenvalue weighted by atomic mass is 10.1. The van der Waals surface area contributed by atoms with Gasteiger partial charge in [0.05, 0.1) is 26.4 Å². The van der Waals surface area contributed by atoms with Gasteiger partial charge in [-0.15, -0.1) is 0 Å². The van der Waals surface area contributed by atoms with Crippen LogP contribution in [0.25, 0.3) is 10.2 Å². The summed E-state index contributed by atoms with van der Waals surface area (Å²) in [6.07, 6.45) is 0. The first-order valence-corrected chi connectivity index (χ1v) is 15.0. The van der Waals surface area contributed by atoms with Gasteiger partial charge in [-0.05, 0) is 54.6 Å². The number of carbonyl (C=O) groups is 1. The average Bonchev–Trinajstić information content (AvgIpc) is 3.32. The Kier molecular flexibility index (Phi) is 8.06. The van der Waals surface area contributed by atoms with Crippen molar-refractivity contribution < 1.29 is 13.2 Å². The largest absolute Gasteiger partial charge is 0.351 e. The van der Waals surface area contributed by atoms with Crippen LogP contribution in [0.2, 0.25) is 10.0 Å². The van der Waals surface area contributed by atoms with Gasteiger partial charge in [-0.1, -0.05) is 46.7 Å². The van der Waals surface area contributed by atoms with Crippen LogP contribution in [-0.4, -0.2) is 63.5 Å². The second-order valence-corrected chi connectivity index (χ2v) is 12.4. The second-order valence-electron chi connectivity index (χ2n) is 8.80. The normalized spacial score (nSPS) is 14.5. The van der Waals surface area contributed by atoms with E-state index in [0.717, 1.165) is 41.5 Å². The second kappa shape index (κ2) is 11.5. The maximum Gasteiger partial charge on any atom is 0.261 e. The van der Waals surface area contributed by atoms with E-state index in [9.17, 15) is 13.2 Å². The van der Waals surface area contributed by atoms with E-state index >= 15 is 0 Å². The molecule has 3 aromatic carbocycles. The summed E-state index contributed by atoms with van der Waals surface area (Å²) in [5.41, 5.74) is 1.42. The van der Waals surface area contributed by atoms with E-state index in [1.54, 1.807) is 35.6 Å². The van der Waals surface area contributed by atoms with Gasteiger partial charge in [-0.2, -0.15) is 0 Å². The number of fused-ring (bicyclic) bond motifs is 1. The van der Waals surface area contributed by atoms with E-state index in [-0.39, 0.29) is 22.1 Å². The van der Waals surface area contributed by atoms with Crippen LogP contribution in [0.3, 0.4) is 0 Å². The Balaban J connectivity index is 1.14. The number of carbonyl (C=O) groups excluding carboxylic acids is 1. The van der Waals surface area contributed by atoms with Crippen molar-refractivity contribution >= 4 is 71.5 Å². The van der Waals surface area contributed by atoms with E-state index in [2.05, 4.69) is 19.8 Å². The Morgan fingerprint density at radius 1 is 0.947 bits per heavy atom. The molecule has 8 nitrogen and oxygen atoms in total. The maximum atomic E-state index is 12.9. The molecule has 2 heterocycles. The molecule has 198 valence electrons. The smallest absolute Gasteiger partial charge is 0.261 e. The molecule has 0 atom stereocenters. The number of amides is 1. The van der Waals surface area contributed by atoms with Crippen molar-refractivity contribution in [2.24, 2.45) is 0 Å². The SMILES string of the molecule is O=C(NCCN1CCN(c2nc3ccc(Cl)cc3s2)CC1)c1ccccc1NS(=O)(=O)c1ccc(Cl)cc1. The van der Waals surface area contributed by atoms with Crippen LogP contribution in [0.5, 0.6) is 0 Å². The van der Waals surface area contributed by atoms with Crippen LogP contribution >= 0.6 is 34.5 Å². The van der Waals surface area contributed by atoms with Gasteiger partial charge in [-0.25, -0.2) is 13.4 Å². The Hall–Kier alpha value is -2.89. The highest BCUT2D eigenvalue weighted by atomic mass is 35.5. The molecule has 5 rings (SSSR count). The third-order valence-corrected chi connectivity index (χ3v) is 9.18. The maximum absolute atomic E-state index is 12.9. The fraction of sp³-hybridized carbons (Fsp3) is 0.231. The van der Waals surface area contributed by atoms with Gasteiger partial charge in [0.1, 0.15) is 0 Å². The molecule has 0 spiro atoms. The molecule has 0 bridgehead atoms. The molecule has 4 aromatic rings. The average molecular weight is 591 g/mol. The highest BCUT2D eigenvalue weighted by Gasteiger charge is 2.21. The summed E-state index contributed by atoms with van der Waals surface area (Å²) in [4.78, 5) is 22.3. The number of nitrogens with zero attached hydrogens (tertiary/aromatic N) is 3. The number of sulfonamides is 1.